The Hall–Kier alpha value is -1.58. The van der Waals surface area contributed by atoms with Gasteiger partial charge in [0.25, 0.3) is 0 Å². The first-order valence-electron chi connectivity index (χ1n) is 9.23. The summed E-state index contributed by atoms with van der Waals surface area (Å²) in [6.45, 7) is 12.9. The maximum atomic E-state index is 10.8. The minimum Gasteiger partial charge on any atom is -0.386 e. The van der Waals surface area contributed by atoms with Crippen molar-refractivity contribution in [2.45, 2.75) is 46.1 Å². The average molecular weight is 337 g/mol. The zero-order valence-electron chi connectivity index (χ0n) is 16.4. The molecule has 134 valence electrons. The van der Waals surface area contributed by atoms with Gasteiger partial charge in [0.1, 0.15) is 7.85 Å². The van der Waals surface area contributed by atoms with Crippen LogP contribution < -0.4 is 5.73 Å². The van der Waals surface area contributed by atoms with Gasteiger partial charge in [0.05, 0.1) is 5.60 Å². The second kappa shape index (κ2) is 7.76. The lowest BCUT2D eigenvalue weighted by Crippen LogP contribution is -2.24. The van der Waals surface area contributed by atoms with Crippen molar-refractivity contribution in [2.75, 3.05) is 6.54 Å². The molecule has 0 aromatic heterocycles. The Balaban J connectivity index is 2.42. The fraction of sp³-hybridized carbons (Fsp3) is 0.455. The van der Waals surface area contributed by atoms with E-state index in [1.54, 1.807) is 0 Å². The van der Waals surface area contributed by atoms with E-state index in [2.05, 4.69) is 50.8 Å². The first-order chi connectivity index (χ1) is 11.6. The molecule has 0 amide bonds. The lowest BCUT2D eigenvalue weighted by Gasteiger charge is -2.26. The van der Waals surface area contributed by atoms with Gasteiger partial charge in [0.15, 0.2) is 0 Å². The zero-order valence-corrected chi connectivity index (χ0v) is 16.4. The lowest BCUT2D eigenvalue weighted by atomic mass is 9.76. The third kappa shape index (κ3) is 4.96. The van der Waals surface area contributed by atoms with Crippen molar-refractivity contribution in [3.05, 3.63) is 64.7 Å². The Labute approximate surface area is 153 Å². The summed E-state index contributed by atoms with van der Waals surface area (Å²) in [5, 5.41) is 10.8. The van der Waals surface area contributed by atoms with Crippen molar-refractivity contribution in [3.63, 3.8) is 0 Å². The second-order valence-corrected chi connectivity index (χ2v) is 8.01. The van der Waals surface area contributed by atoms with Crippen molar-refractivity contribution in [2.24, 2.45) is 17.6 Å². The molecule has 25 heavy (non-hydrogen) atoms. The predicted octanol–water partition coefficient (Wildman–Crippen LogP) is 3.60. The summed E-state index contributed by atoms with van der Waals surface area (Å²) >= 11 is 0. The van der Waals surface area contributed by atoms with Crippen molar-refractivity contribution in [3.8, 4) is 0 Å². The van der Waals surface area contributed by atoms with E-state index in [-0.39, 0.29) is 0 Å². The Morgan fingerprint density at radius 3 is 2.36 bits per heavy atom. The summed E-state index contributed by atoms with van der Waals surface area (Å²) in [5.74, 6) is 1.13. The van der Waals surface area contributed by atoms with Crippen LogP contribution in [0.1, 0.15) is 44.7 Å². The summed E-state index contributed by atoms with van der Waals surface area (Å²) in [6, 6.07) is 8.37. The van der Waals surface area contributed by atoms with Crippen LogP contribution in [0.3, 0.4) is 0 Å². The fourth-order valence-electron chi connectivity index (χ4n) is 3.46. The van der Waals surface area contributed by atoms with Gasteiger partial charge in [-0.05, 0) is 75.6 Å². The first-order valence-corrected chi connectivity index (χ1v) is 9.23. The van der Waals surface area contributed by atoms with E-state index in [1.807, 2.05) is 21.7 Å². The number of benzene rings is 1. The number of nitrogens with two attached hydrogens (primary N) is 1. The minimum absolute atomic E-state index is 0.415. The summed E-state index contributed by atoms with van der Waals surface area (Å²) in [4.78, 5) is 0. The largest absolute Gasteiger partial charge is 0.386 e. The predicted molar refractivity (Wildman–Crippen MR) is 111 cm³/mol. The van der Waals surface area contributed by atoms with Crippen molar-refractivity contribution in [1.82, 2.24) is 0 Å². The lowest BCUT2D eigenvalue weighted by molar-refractivity contribution is 0.123. The number of aliphatic hydroxyl groups is 1. The van der Waals surface area contributed by atoms with Crippen molar-refractivity contribution in [1.29, 1.82) is 0 Å². The second-order valence-electron chi connectivity index (χ2n) is 8.01. The molecule has 1 saturated carbocycles. The number of aryl methyl sites for hydroxylation is 1. The Bertz CT molecular complexity index is 688. The SMILES string of the molecule is B/C(C(=C)c1ccc(C)cc1)=C(/C=C(\C)C(CN)C1CC1)C(C)(C)O. The highest BCUT2D eigenvalue weighted by Gasteiger charge is 2.32. The Morgan fingerprint density at radius 1 is 1.36 bits per heavy atom. The van der Waals surface area contributed by atoms with Crippen molar-refractivity contribution >= 4 is 13.4 Å². The molecule has 1 unspecified atom stereocenters. The molecule has 2 nitrogen and oxygen atoms in total. The highest BCUT2D eigenvalue weighted by atomic mass is 16.3. The molecule has 1 atom stereocenters. The topological polar surface area (TPSA) is 46.2 Å². The van der Waals surface area contributed by atoms with E-state index < -0.39 is 5.60 Å². The van der Waals surface area contributed by atoms with Gasteiger partial charge in [0, 0.05) is 0 Å². The van der Waals surface area contributed by atoms with Gasteiger partial charge in [-0.15, -0.1) is 0 Å². The van der Waals surface area contributed by atoms with Gasteiger partial charge >= 0.3 is 0 Å². The molecule has 3 N–H and O–H groups in total. The normalized spacial score (nSPS) is 17.9. The van der Waals surface area contributed by atoms with Crippen LogP contribution in [0.5, 0.6) is 0 Å². The maximum absolute atomic E-state index is 10.8. The smallest absolute Gasteiger partial charge is 0.140 e. The van der Waals surface area contributed by atoms with Crippen LogP contribution >= 0.6 is 0 Å². The van der Waals surface area contributed by atoms with Gasteiger partial charge in [0.2, 0.25) is 0 Å². The molecule has 1 aliphatic rings. The van der Waals surface area contributed by atoms with Gasteiger partial charge in [-0.2, -0.15) is 0 Å². The van der Waals surface area contributed by atoms with E-state index in [1.165, 1.54) is 24.0 Å². The molecule has 0 aliphatic heterocycles. The van der Waals surface area contributed by atoms with E-state index in [0.29, 0.717) is 18.4 Å². The number of allylic oxidation sites excluding steroid dienone is 2. The zero-order chi connectivity index (χ0) is 18.8. The van der Waals surface area contributed by atoms with Gasteiger partial charge < -0.3 is 10.8 Å². The summed E-state index contributed by atoms with van der Waals surface area (Å²) in [5.41, 5.74) is 11.6. The third-order valence-electron chi connectivity index (χ3n) is 5.32. The summed E-state index contributed by atoms with van der Waals surface area (Å²) in [7, 11) is 2.05. The van der Waals surface area contributed by atoms with Gasteiger partial charge in [-0.25, -0.2) is 0 Å². The Morgan fingerprint density at radius 2 is 1.92 bits per heavy atom. The highest BCUT2D eigenvalue weighted by Crippen LogP contribution is 2.41. The van der Waals surface area contributed by atoms with E-state index in [9.17, 15) is 5.11 Å². The number of hydrogen-bond donors (Lipinski definition) is 2. The summed E-state index contributed by atoms with van der Waals surface area (Å²) < 4.78 is 0. The number of rotatable bonds is 7. The highest BCUT2D eigenvalue weighted by molar-refractivity contribution is 6.31. The molecule has 0 radical (unpaired) electrons. The molecule has 0 saturated heterocycles. The van der Waals surface area contributed by atoms with Crippen LogP contribution in [0, 0.1) is 18.8 Å². The van der Waals surface area contributed by atoms with E-state index in [0.717, 1.165) is 22.2 Å². The molecule has 1 aliphatic carbocycles. The van der Waals surface area contributed by atoms with Crippen LogP contribution in [0.2, 0.25) is 0 Å². The monoisotopic (exact) mass is 337 g/mol. The first kappa shape index (κ1) is 19.7. The maximum Gasteiger partial charge on any atom is 0.140 e. The van der Waals surface area contributed by atoms with Crippen molar-refractivity contribution < 1.29 is 5.11 Å². The molecule has 1 aromatic rings. The fourth-order valence-corrected chi connectivity index (χ4v) is 3.46. The molecule has 0 bridgehead atoms. The molecule has 2 rings (SSSR count). The van der Waals surface area contributed by atoms with Gasteiger partial charge in [-0.3, -0.25) is 0 Å². The van der Waals surface area contributed by atoms with Crippen LogP contribution in [0.15, 0.2) is 53.5 Å². The standard InChI is InChI=1S/C22H32BNO/c1-14-6-8-17(9-7-14)16(3)21(23)20(22(4,5)25)12-15(2)19(13-24)18-10-11-18/h6-9,12,18-19,25H,3,10-11,13,23-24H2,1-2,4-5H3/b15-12+,21-20-. The van der Waals surface area contributed by atoms with Crippen LogP contribution in [-0.4, -0.2) is 25.1 Å². The quantitative estimate of drug-likeness (QED) is 0.590. The molecule has 3 heteroatoms. The molecular weight excluding hydrogens is 305 g/mol. The Kier molecular flexibility index (Phi) is 6.13. The molecular formula is C22H32BNO. The molecule has 1 fully saturated rings. The third-order valence-corrected chi connectivity index (χ3v) is 5.32. The van der Waals surface area contributed by atoms with Crippen LogP contribution in [0.4, 0.5) is 0 Å². The van der Waals surface area contributed by atoms with Crippen LogP contribution in [0.25, 0.3) is 5.57 Å². The van der Waals surface area contributed by atoms with E-state index in [4.69, 9.17) is 5.73 Å². The molecule has 0 heterocycles. The number of hydrogen-bond acceptors (Lipinski definition) is 2. The molecule has 0 spiro atoms. The van der Waals surface area contributed by atoms with Gasteiger partial charge in [-0.1, -0.05) is 53.5 Å². The van der Waals surface area contributed by atoms with E-state index >= 15 is 0 Å². The average Bonchev–Trinajstić information content (AvgIpc) is 3.36. The summed E-state index contributed by atoms with van der Waals surface area (Å²) in [6.07, 6.45) is 4.68. The minimum atomic E-state index is -0.929. The van der Waals surface area contributed by atoms with Crippen LogP contribution in [-0.2, 0) is 0 Å². The molecule has 1 aromatic carbocycles.